The highest BCUT2D eigenvalue weighted by Crippen LogP contribution is 2.29. The predicted octanol–water partition coefficient (Wildman–Crippen LogP) is 4.23. The summed E-state index contributed by atoms with van der Waals surface area (Å²) in [6.07, 6.45) is 5.44. The molecule has 4 nitrogen and oxygen atoms in total. The molecule has 2 amide bonds. The normalized spacial score (nSPS) is 21.2. The van der Waals surface area contributed by atoms with E-state index in [0.717, 1.165) is 29.1 Å². The summed E-state index contributed by atoms with van der Waals surface area (Å²) in [6.45, 7) is 4.90. The molecule has 2 atom stereocenters. The summed E-state index contributed by atoms with van der Waals surface area (Å²) in [7, 11) is 3.57. The van der Waals surface area contributed by atoms with Crippen LogP contribution in [0.15, 0.2) is 23.1 Å². The summed E-state index contributed by atoms with van der Waals surface area (Å²) >= 11 is 1.66. The van der Waals surface area contributed by atoms with Crippen molar-refractivity contribution >= 4 is 17.8 Å². The lowest BCUT2D eigenvalue weighted by Gasteiger charge is -2.41. The van der Waals surface area contributed by atoms with Crippen molar-refractivity contribution in [2.24, 2.45) is 0 Å². The minimum atomic E-state index is 0.123. The summed E-state index contributed by atoms with van der Waals surface area (Å²) in [5.74, 6) is 0.871. The van der Waals surface area contributed by atoms with Gasteiger partial charge in [0.15, 0.2) is 0 Å². The average Bonchev–Trinajstić information content (AvgIpc) is 2.54. The second-order valence-corrected chi connectivity index (χ2v) is 7.21. The summed E-state index contributed by atoms with van der Waals surface area (Å²) in [6, 6.07) is 6.92. The first-order chi connectivity index (χ1) is 11.0. The van der Waals surface area contributed by atoms with Crippen LogP contribution in [0.25, 0.3) is 0 Å². The van der Waals surface area contributed by atoms with E-state index in [2.05, 4.69) is 26.0 Å². The summed E-state index contributed by atoms with van der Waals surface area (Å²) < 4.78 is 5.43. The van der Waals surface area contributed by atoms with E-state index in [1.807, 2.05) is 29.2 Å². The van der Waals surface area contributed by atoms with E-state index in [0.29, 0.717) is 18.6 Å². The number of thioether (sulfide) groups is 1. The van der Waals surface area contributed by atoms with E-state index in [4.69, 9.17) is 4.74 Å². The van der Waals surface area contributed by atoms with Crippen molar-refractivity contribution in [2.75, 3.05) is 20.4 Å². The number of rotatable bonds is 4. The molecule has 23 heavy (non-hydrogen) atoms. The molecule has 0 aliphatic carbocycles. The number of hydrogen-bond acceptors (Lipinski definition) is 3. The van der Waals surface area contributed by atoms with Crippen molar-refractivity contribution in [3.8, 4) is 5.75 Å². The molecule has 128 valence electrons. The first kappa shape index (κ1) is 18.0. The Morgan fingerprint density at radius 2 is 2.00 bits per heavy atom. The highest BCUT2D eigenvalue weighted by molar-refractivity contribution is 7.98. The number of nitrogens with zero attached hydrogens (tertiary/aromatic N) is 2. The van der Waals surface area contributed by atoms with E-state index in [-0.39, 0.29) is 6.03 Å². The van der Waals surface area contributed by atoms with E-state index >= 15 is 0 Å². The van der Waals surface area contributed by atoms with Gasteiger partial charge >= 0.3 is 6.03 Å². The molecule has 0 unspecified atom stereocenters. The lowest BCUT2D eigenvalue weighted by molar-refractivity contribution is 0.0968. The fraction of sp³-hybridized carbons (Fsp3) is 0.611. The first-order valence-electron chi connectivity index (χ1n) is 8.22. The Balaban J connectivity index is 2.08. The molecule has 0 bridgehead atoms. The molecule has 2 rings (SSSR count). The number of urea groups is 1. The monoisotopic (exact) mass is 336 g/mol. The molecule has 0 radical (unpaired) electrons. The van der Waals surface area contributed by atoms with Crippen molar-refractivity contribution in [2.45, 2.75) is 56.6 Å². The van der Waals surface area contributed by atoms with Gasteiger partial charge in [0.1, 0.15) is 5.75 Å². The van der Waals surface area contributed by atoms with Crippen molar-refractivity contribution < 1.29 is 9.53 Å². The lowest BCUT2D eigenvalue weighted by atomic mass is 9.98. The SMILES string of the molecule is COc1cc(CN(C)C(=O)N2[C@H](C)CCC[C@H]2C)ccc1SC. The van der Waals surface area contributed by atoms with Gasteiger partial charge in [0.05, 0.1) is 7.11 Å². The van der Waals surface area contributed by atoms with Gasteiger partial charge in [-0.3, -0.25) is 0 Å². The van der Waals surface area contributed by atoms with E-state index < -0.39 is 0 Å². The highest BCUT2D eigenvalue weighted by Gasteiger charge is 2.30. The number of piperidine rings is 1. The van der Waals surface area contributed by atoms with Crippen molar-refractivity contribution in [1.29, 1.82) is 0 Å². The fourth-order valence-electron chi connectivity index (χ4n) is 3.32. The number of carbonyl (C=O) groups is 1. The van der Waals surface area contributed by atoms with Gasteiger partial charge in [0.25, 0.3) is 0 Å². The van der Waals surface area contributed by atoms with Crippen molar-refractivity contribution in [1.82, 2.24) is 9.80 Å². The zero-order valence-electron chi connectivity index (χ0n) is 14.8. The Kier molecular flexibility index (Phi) is 6.22. The topological polar surface area (TPSA) is 32.8 Å². The molecule has 1 aliphatic rings. The highest BCUT2D eigenvalue weighted by atomic mass is 32.2. The third-order valence-corrected chi connectivity index (χ3v) is 5.39. The summed E-state index contributed by atoms with van der Waals surface area (Å²) in [4.78, 5) is 17.8. The number of methoxy groups -OCH3 is 1. The van der Waals surface area contributed by atoms with Gasteiger partial charge in [0.2, 0.25) is 0 Å². The number of carbonyl (C=O) groups excluding carboxylic acids is 1. The molecule has 1 fully saturated rings. The van der Waals surface area contributed by atoms with Crippen LogP contribution in [0, 0.1) is 0 Å². The molecular formula is C18H28N2O2S. The minimum Gasteiger partial charge on any atom is -0.496 e. The Morgan fingerprint density at radius 3 is 2.57 bits per heavy atom. The molecular weight excluding hydrogens is 308 g/mol. The average molecular weight is 337 g/mol. The van der Waals surface area contributed by atoms with Gasteiger partial charge in [-0.25, -0.2) is 4.79 Å². The van der Waals surface area contributed by atoms with Crippen LogP contribution in [0.2, 0.25) is 0 Å². The Bertz CT molecular complexity index is 540. The van der Waals surface area contributed by atoms with Gasteiger partial charge in [0, 0.05) is 30.6 Å². The Morgan fingerprint density at radius 1 is 1.35 bits per heavy atom. The lowest BCUT2D eigenvalue weighted by Crippen LogP contribution is -2.52. The van der Waals surface area contributed by atoms with Crippen LogP contribution < -0.4 is 4.74 Å². The summed E-state index contributed by atoms with van der Waals surface area (Å²) in [5.41, 5.74) is 1.09. The second-order valence-electron chi connectivity index (χ2n) is 6.36. The molecule has 1 aromatic rings. The number of ether oxygens (including phenoxy) is 1. The Hall–Kier alpha value is -1.36. The standard InChI is InChI=1S/C18H28N2O2S/c1-13-7-6-8-14(2)20(13)18(21)19(3)12-15-9-10-17(23-5)16(11-15)22-4/h9-11,13-14H,6-8,12H2,1-5H3/t13-,14-/m1/s1. The number of likely N-dealkylation sites (tertiary alicyclic amines) is 1. The van der Waals surface area contributed by atoms with Crippen LogP contribution >= 0.6 is 11.8 Å². The van der Waals surface area contributed by atoms with E-state index in [1.165, 1.54) is 6.42 Å². The van der Waals surface area contributed by atoms with E-state index in [1.54, 1.807) is 18.9 Å². The molecule has 0 aromatic heterocycles. The van der Waals surface area contributed by atoms with Gasteiger partial charge < -0.3 is 14.5 Å². The largest absolute Gasteiger partial charge is 0.496 e. The van der Waals surface area contributed by atoms with Crippen LogP contribution in [0.5, 0.6) is 5.75 Å². The van der Waals surface area contributed by atoms with Crippen molar-refractivity contribution in [3.05, 3.63) is 23.8 Å². The molecule has 1 heterocycles. The van der Waals surface area contributed by atoms with Crippen LogP contribution in [0.4, 0.5) is 4.79 Å². The maximum atomic E-state index is 12.8. The number of amides is 2. The molecule has 1 aromatic carbocycles. The Labute approximate surface area is 144 Å². The maximum absolute atomic E-state index is 12.8. The quantitative estimate of drug-likeness (QED) is 0.771. The molecule has 0 spiro atoms. The van der Waals surface area contributed by atoms with Crippen LogP contribution in [-0.2, 0) is 6.54 Å². The van der Waals surface area contributed by atoms with Crippen LogP contribution in [0.1, 0.15) is 38.7 Å². The predicted molar refractivity (Wildman–Crippen MR) is 96.3 cm³/mol. The molecule has 1 aliphatic heterocycles. The van der Waals surface area contributed by atoms with E-state index in [9.17, 15) is 4.79 Å². The fourth-order valence-corrected chi connectivity index (χ4v) is 3.86. The minimum absolute atomic E-state index is 0.123. The van der Waals surface area contributed by atoms with Crippen LogP contribution in [-0.4, -0.2) is 48.3 Å². The smallest absolute Gasteiger partial charge is 0.320 e. The molecule has 1 saturated heterocycles. The van der Waals surface area contributed by atoms with Gasteiger partial charge in [-0.05, 0) is 57.1 Å². The molecule has 5 heteroatoms. The summed E-state index contributed by atoms with van der Waals surface area (Å²) in [5, 5.41) is 0. The first-order valence-corrected chi connectivity index (χ1v) is 9.44. The third kappa shape index (κ3) is 4.14. The third-order valence-electron chi connectivity index (χ3n) is 4.61. The number of hydrogen-bond donors (Lipinski definition) is 0. The second kappa shape index (κ2) is 7.95. The van der Waals surface area contributed by atoms with Gasteiger partial charge in [-0.2, -0.15) is 0 Å². The maximum Gasteiger partial charge on any atom is 0.320 e. The van der Waals surface area contributed by atoms with Crippen LogP contribution in [0.3, 0.4) is 0 Å². The van der Waals surface area contributed by atoms with Gasteiger partial charge in [-0.1, -0.05) is 6.07 Å². The molecule has 0 saturated carbocycles. The zero-order valence-corrected chi connectivity index (χ0v) is 15.7. The number of benzene rings is 1. The van der Waals surface area contributed by atoms with Gasteiger partial charge in [-0.15, -0.1) is 11.8 Å². The van der Waals surface area contributed by atoms with Crippen molar-refractivity contribution in [3.63, 3.8) is 0 Å². The molecule has 0 N–H and O–H groups in total. The zero-order chi connectivity index (χ0) is 17.0.